The molecule has 0 aromatic rings. The Balaban J connectivity index is 2.46. The van der Waals surface area contributed by atoms with Gasteiger partial charge in [-0.25, -0.2) is 4.79 Å². The highest BCUT2D eigenvalue weighted by Gasteiger charge is 2.34. The molecule has 0 spiro atoms. The van der Waals surface area contributed by atoms with Crippen molar-refractivity contribution in [1.82, 2.24) is 5.06 Å². The van der Waals surface area contributed by atoms with E-state index in [1.807, 2.05) is 0 Å². The largest absolute Gasteiger partial charge is 0.336 e. The first-order valence-electron chi connectivity index (χ1n) is 9.67. The first-order chi connectivity index (χ1) is 11.6. The zero-order chi connectivity index (χ0) is 17.8. The highest BCUT2D eigenvalue weighted by Crippen LogP contribution is 2.22. The third-order valence-electron chi connectivity index (χ3n) is 4.58. The highest BCUT2D eigenvalue weighted by molar-refractivity contribution is 6.01. The van der Waals surface area contributed by atoms with E-state index < -0.39 is 17.8 Å². The summed E-state index contributed by atoms with van der Waals surface area (Å²) in [7, 11) is 0. The van der Waals surface area contributed by atoms with E-state index in [4.69, 9.17) is 4.84 Å². The zero-order valence-corrected chi connectivity index (χ0v) is 15.3. The van der Waals surface area contributed by atoms with Crippen LogP contribution in [-0.4, -0.2) is 22.8 Å². The van der Waals surface area contributed by atoms with Crippen molar-refractivity contribution in [3.63, 3.8) is 0 Å². The predicted octanol–water partition coefficient (Wildman–Crippen LogP) is 4.54. The second-order valence-corrected chi connectivity index (χ2v) is 6.74. The number of amides is 2. The average Bonchev–Trinajstić information content (AvgIpc) is 2.88. The Morgan fingerprint density at radius 1 is 0.875 bits per heavy atom. The van der Waals surface area contributed by atoms with Crippen LogP contribution in [-0.2, 0) is 19.2 Å². The van der Waals surface area contributed by atoms with Crippen molar-refractivity contribution >= 4 is 17.8 Å². The van der Waals surface area contributed by atoms with Crippen molar-refractivity contribution in [3.05, 3.63) is 0 Å². The Labute approximate surface area is 146 Å². The van der Waals surface area contributed by atoms with Crippen molar-refractivity contribution in [2.24, 2.45) is 5.92 Å². The van der Waals surface area contributed by atoms with Crippen LogP contribution in [0.5, 0.6) is 0 Å². The maximum absolute atomic E-state index is 12.4. The van der Waals surface area contributed by atoms with E-state index in [9.17, 15) is 14.4 Å². The third kappa shape index (κ3) is 7.45. The lowest BCUT2D eigenvalue weighted by molar-refractivity contribution is -0.201. The molecule has 1 aliphatic rings. The Morgan fingerprint density at radius 2 is 1.33 bits per heavy atom. The molecule has 1 atom stereocenters. The molecule has 1 heterocycles. The maximum Gasteiger partial charge on any atom is 0.336 e. The van der Waals surface area contributed by atoms with Gasteiger partial charge in [0, 0.05) is 12.8 Å². The van der Waals surface area contributed by atoms with Crippen molar-refractivity contribution in [3.8, 4) is 0 Å². The molecule has 1 unspecified atom stereocenters. The molecule has 1 aliphatic heterocycles. The van der Waals surface area contributed by atoms with E-state index in [-0.39, 0.29) is 18.8 Å². The highest BCUT2D eigenvalue weighted by atomic mass is 16.7. The molecular formula is C19H33NO4. The lowest BCUT2D eigenvalue weighted by Gasteiger charge is -2.19. The monoisotopic (exact) mass is 339 g/mol. The van der Waals surface area contributed by atoms with Gasteiger partial charge < -0.3 is 4.84 Å². The molecule has 5 heteroatoms. The summed E-state index contributed by atoms with van der Waals surface area (Å²) in [6, 6.07) is 0. The molecule has 0 aromatic carbocycles. The van der Waals surface area contributed by atoms with Crippen LogP contribution in [0.25, 0.3) is 0 Å². The number of carbonyl (C=O) groups excluding carboxylic acids is 3. The molecule has 2 amide bonds. The van der Waals surface area contributed by atoms with Gasteiger partial charge in [-0.1, -0.05) is 71.6 Å². The Hall–Kier alpha value is -1.39. The summed E-state index contributed by atoms with van der Waals surface area (Å²) in [6.45, 7) is 4.34. The standard InChI is InChI=1S/C19H33NO4/c1-3-5-7-9-11-13-16(12-10-8-6-4-2)19(23)24-20-17(21)14-15-18(20)22/h16H,3-15H2,1-2H3. The van der Waals surface area contributed by atoms with Gasteiger partial charge in [-0.05, 0) is 12.8 Å². The smallest absolute Gasteiger partial charge is 0.330 e. The summed E-state index contributed by atoms with van der Waals surface area (Å²) >= 11 is 0. The van der Waals surface area contributed by atoms with Gasteiger partial charge in [-0.2, -0.15) is 0 Å². The lowest BCUT2D eigenvalue weighted by atomic mass is 9.94. The number of hydrogen-bond acceptors (Lipinski definition) is 4. The molecule has 5 nitrogen and oxygen atoms in total. The summed E-state index contributed by atoms with van der Waals surface area (Å²) < 4.78 is 0. The van der Waals surface area contributed by atoms with E-state index in [0.29, 0.717) is 5.06 Å². The number of nitrogens with zero attached hydrogens (tertiary/aromatic N) is 1. The van der Waals surface area contributed by atoms with Gasteiger partial charge in [0.1, 0.15) is 0 Å². The van der Waals surface area contributed by atoms with Gasteiger partial charge in [-0.3, -0.25) is 9.59 Å². The van der Waals surface area contributed by atoms with Gasteiger partial charge in [0.15, 0.2) is 0 Å². The van der Waals surface area contributed by atoms with Crippen LogP contribution in [0.2, 0.25) is 0 Å². The Bertz CT molecular complexity index is 392. The first kappa shape index (κ1) is 20.7. The quantitative estimate of drug-likeness (QED) is 0.365. The van der Waals surface area contributed by atoms with Crippen LogP contribution in [0.4, 0.5) is 0 Å². The average molecular weight is 339 g/mol. The number of imide groups is 1. The molecule has 1 fully saturated rings. The van der Waals surface area contributed by atoms with Gasteiger partial charge in [0.2, 0.25) is 0 Å². The molecule has 0 aromatic heterocycles. The van der Waals surface area contributed by atoms with Crippen molar-refractivity contribution < 1.29 is 19.2 Å². The Morgan fingerprint density at radius 3 is 1.83 bits per heavy atom. The summed E-state index contributed by atoms with van der Waals surface area (Å²) in [4.78, 5) is 40.7. The van der Waals surface area contributed by atoms with E-state index in [2.05, 4.69) is 13.8 Å². The fourth-order valence-electron chi connectivity index (χ4n) is 3.01. The number of hydroxylamine groups is 2. The van der Waals surface area contributed by atoms with Crippen molar-refractivity contribution in [2.75, 3.05) is 0 Å². The second kappa shape index (κ2) is 12.0. The molecule has 0 saturated carbocycles. The first-order valence-corrected chi connectivity index (χ1v) is 9.67. The minimum Gasteiger partial charge on any atom is -0.330 e. The van der Waals surface area contributed by atoms with Crippen molar-refractivity contribution in [2.45, 2.75) is 97.3 Å². The SMILES string of the molecule is CCCCCCCC(CCCCCC)C(=O)ON1C(=O)CCC1=O. The fourth-order valence-corrected chi connectivity index (χ4v) is 3.01. The van der Waals surface area contributed by atoms with Gasteiger partial charge in [0.25, 0.3) is 11.8 Å². The molecule has 1 saturated heterocycles. The zero-order valence-electron chi connectivity index (χ0n) is 15.3. The topological polar surface area (TPSA) is 63.7 Å². The number of carbonyl (C=O) groups is 3. The molecular weight excluding hydrogens is 306 g/mol. The van der Waals surface area contributed by atoms with Crippen LogP contribution in [0.1, 0.15) is 97.3 Å². The van der Waals surface area contributed by atoms with Crippen LogP contribution in [0.15, 0.2) is 0 Å². The van der Waals surface area contributed by atoms with Crippen LogP contribution in [0, 0.1) is 5.92 Å². The van der Waals surface area contributed by atoms with E-state index in [0.717, 1.165) is 44.9 Å². The molecule has 24 heavy (non-hydrogen) atoms. The Kier molecular flexibility index (Phi) is 10.4. The maximum atomic E-state index is 12.4. The predicted molar refractivity (Wildman–Crippen MR) is 92.8 cm³/mol. The molecule has 0 aliphatic carbocycles. The van der Waals surface area contributed by atoms with Gasteiger partial charge in [0.05, 0.1) is 5.92 Å². The molecule has 0 N–H and O–H groups in total. The lowest BCUT2D eigenvalue weighted by Crippen LogP contribution is -2.34. The fraction of sp³-hybridized carbons (Fsp3) is 0.842. The minimum atomic E-state index is -0.411. The molecule has 0 bridgehead atoms. The van der Waals surface area contributed by atoms with Crippen LogP contribution >= 0.6 is 0 Å². The normalized spacial score (nSPS) is 15.8. The number of rotatable bonds is 13. The molecule has 1 rings (SSSR count). The van der Waals surface area contributed by atoms with Crippen molar-refractivity contribution in [1.29, 1.82) is 0 Å². The molecule has 138 valence electrons. The molecule has 0 radical (unpaired) electrons. The van der Waals surface area contributed by atoms with Crippen LogP contribution < -0.4 is 0 Å². The van der Waals surface area contributed by atoms with Crippen LogP contribution in [0.3, 0.4) is 0 Å². The number of hydrogen-bond donors (Lipinski definition) is 0. The minimum absolute atomic E-state index is 0.143. The van der Waals surface area contributed by atoms with E-state index in [1.165, 1.54) is 25.7 Å². The third-order valence-corrected chi connectivity index (χ3v) is 4.58. The second-order valence-electron chi connectivity index (χ2n) is 6.74. The summed E-state index contributed by atoms with van der Waals surface area (Å²) in [5.41, 5.74) is 0. The summed E-state index contributed by atoms with van der Waals surface area (Å²) in [5, 5.41) is 0.679. The van der Waals surface area contributed by atoms with E-state index in [1.54, 1.807) is 0 Å². The summed E-state index contributed by atoms with van der Waals surface area (Å²) in [6.07, 6.45) is 12.0. The van der Waals surface area contributed by atoms with E-state index >= 15 is 0 Å². The summed E-state index contributed by atoms with van der Waals surface area (Å²) in [5.74, 6) is -1.42. The van der Waals surface area contributed by atoms with Gasteiger partial charge in [-0.15, -0.1) is 5.06 Å². The van der Waals surface area contributed by atoms with Gasteiger partial charge >= 0.3 is 5.97 Å². The number of unbranched alkanes of at least 4 members (excludes halogenated alkanes) is 7.